The van der Waals surface area contributed by atoms with Gasteiger partial charge in [0, 0.05) is 10.6 Å². The molecule has 2 aliphatic rings. The summed E-state index contributed by atoms with van der Waals surface area (Å²) in [6.45, 7) is 0. The monoisotopic (exact) mass is 456 g/mol. The molecule has 0 spiro atoms. The van der Waals surface area contributed by atoms with Crippen LogP contribution in [0.15, 0.2) is 70.5 Å². The van der Waals surface area contributed by atoms with Crippen molar-refractivity contribution in [1.82, 2.24) is 4.57 Å². The molecule has 1 aromatic heterocycles. The molecule has 0 amide bonds. The van der Waals surface area contributed by atoms with Crippen LogP contribution in [0.1, 0.15) is 23.6 Å². The number of hydrogen-bond donors (Lipinski definition) is 0. The van der Waals surface area contributed by atoms with E-state index in [2.05, 4.69) is 18.2 Å². The number of halogens is 1. The van der Waals surface area contributed by atoms with E-state index in [0.717, 1.165) is 41.9 Å². The number of allylic oxidation sites excluding steroid dienone is 1. The van der Waals surface area contributed by atoms with Crippen molar-refractivity contribution in [2.75, 3.05) is 11.5 Å². The van der Waals surface area contributed by atoms with E-state index in [-0.39, 0.29) is 11.6 Å². The summed E-state index contributed by atoms with van der Waals surface area (Å²) in [5.41, 5.74) is 3.01. The highest BCUT2D eigenvalue weighted by Gasteiger charge is 2.23. The van der Waals surface area contributed by atoms with E-state index < -0.39 is 0 Å². The van der Waals surface area contributed by atoms with Gasteiger partial charge in [0.2, 0.25) is 0 Å². The first kappa shape index (κ1) is 19.2. The Balaban J connectivity index is 1.74. The van der Waals surface area contributed by atoms with Crippen LogP contribution in [-0.4, -0.2) is 16.1 Å². The van der Waals surface area contributed by atoms with Crippen LogP contribution in [-0.2, 0) is 0 Å². The fraction of sp³-hybridized carbons (Fsp3) is 0.182. The first-order valence-electron chi connectivity index (χ1n) is 9.33. The molecule has 1 saturated heterocycles. The number of hydrogen-bond acceptors (Lipinski definition) is 5. The van der Waals surface area contributed by atoms with Crippen molar-refractivity contribution in [3.63, 3.8) is 0 Å². The smallest absolute Gasteiger partial charge is 0.272 e. The molecule has 7 heteroatoms. The van der Waals surface area contributed by atoms with E-state index in [9.17, 15) is 4.79 Å². The number of nitrogens with zero attached hydrogens (tertiary/aromatic N) is 2. The van der Waals surface area contributed by atoms with E-state index in [0.29, 0.717) is 5.02 Å². The Bertz CT molecular complexity index is 1250. The summed E-state index contributed by atoms with van der Waals surface area (Å²) in [6, 6.07) is 17.7. The summed E-state index contributed by atoms with van der Waals surface area (Å²) in [5, 5.41) is 0.697. The molecule has 3 heterocycles. The van der Waals surface area contributed by atoms with Crippen LogP contribution in [0.5, 0.6) is 0 Å². The lowest BCUT2D eigenvalue weighted by atomic mass is 10.0. The minimum absolute atomic E-state index is 0.0610. The third-order valence-electron chi connectivity index (χ3n) is 4.84. The van der Waals surface area contributed by atoms with Gasteiger partial charge in [0.15, 0.2) is 4.80 Å². The molecule has 0 saturated carbocycles. The zero-order valence-electron chi connectivity index (χ0n) is 15.4. The molecular formula is C22H17ClN2OS3. The average Bonchev–Trinajstić information content (AvgIpc) is 3.11. The molecule has 0 bridgehead atoms. The van der Waals surface area contributed by atoms with Gasteiger partial charge < -0.3 is 0 Å². The normalized spacial score (nSPS) is 18.7. The number of fused-ring (bicyclic) bond motifs is 1. The summed E-state index contributed by atoms with van der Waals surface area (Å²) in [7, 11) is 0. The molecule has 3 aromatic rings. The molecule has 1 fully saturated rings. The standard InChI is InChI=1S/C22H17ClN2OS3/c23-16-9-7-14(8-10-16)17-13-18(15-5-2-1-3-6-15)25-20(26)19(29-22(25)24-17)21-27-11-4-12-28-21/h1-3,5-10,13,18H,4,11-12H2/t18-/m1/s1. The maximum absolute atomic E-state index is 13.4. The lowest BCUT2D eigenvalue weighted by molar-refractivity contribution is 0.644. The van der Waals surface area contributed by atoms with E-state index in [4.69, 9.17) is 16.6 Å². The minimum atomic E-state index is -0.175. The number of thiazole rings is 1. The molecule has 0 aliphatic carbocycles. The predicted octanol–water partition coefficient (Wildman–Crippen LogP) is 4.76. The van der Waals surface area contributed by atoms with E-state index in [1.807, 2.05) is 47.0 Å². The zero-order chi connectivity index (χ0) is 19.8. The molecular weight excluding hydrogens is 440 g/mol. The lowest BCUT2D eigenvalue weighted by Gasteiger charge is -2.19. The summed E-state index contributed by atoms with van der Waals surface area (Å²) in [4.78, 5) is 19.0. The fourth-order valence-corrected chi connectivity index (χ4v) is 7.46. The fourth-order valence-electron chi connectivity index (χ4n) is 3.43. The Hall–Kier alpha value is -1.73. The van der Waals surface area contributed by atoms with Gasteiger partial charge in [-0.25, -0.2) is 4.99 Å². The van der Waals surface area contributed by atoms with E-state index in [1.54, 1.807) is 23.5 Å². The maximum Gasteiger partial charge on any atom is 0.272 e. The van der Waals surface area contributed by atoms with Crippen LogP contribution in [0.3, 0.4) is 0 Å². The average molecular weight is 457 g/mol. The molecule has 1 atom stereocenters. The van der Waals surface area contributed by atoms with Crippen molar-refractivity contribution in [3.05, 3.63) is 96.5 Å². The van der Waals surface area contributed by atoms with Crippen molar-refractivity contribution in [2.24, 2.45) is 4.99 Å². The number of benzene rings is 2. The van der Waals surface area contributed by atoms with Crippen LogP contribution < -0.4 is 14.9 Å². The second kappa shape index (κ2) is 8.19. The van der Waals surface area contributed by atoms with E-state index >= 15 is 0 Å². The van der Waals surface area contributed by atoms with Gasteiger partial charge in [-0.1, -0.05) is 65.4 Å². The molecule has 2 aromatic carbocycles. The molecule has 146 valence electrons. The van der Waals surface area contributed by atoms with Crippen molar-refractivity contribution in [1.29, 1.82) is 0 Å². The van der Waals surface area contributed by atoms with Crippen molar-refractivity contribution in [2.45, 2.75) is 12.5 Å². The lowest BCUT2D eigenvalue weighted by Crippen LogP contribution is -2.36. The zero-order valence-corrected chi connectivity index (χ0v) is 18.6. The van der Waals surface area contributed by atoms with Crippen LogP contribution >= 0.6 is 46.5 Å². The van der Waals surface area contributed by atoms with Gasteiger partial charge in [0.25, 0.3) is 5.56 Å². The van der Waals surface area contributed by atoms with Crippen LogP contribution in [0.25, 0.3) is 9.93 Å². The van der Waals surface area contributed by atoms with Gasteiger partial charge >= 0.3 is 0 Å². The molecule has 0 N–H and O–H groups in total. The van der Waals surface area contributed by atoms with Gasteiger partial charge in [-0.2, -0.15) is 0 Å². The van der Waals surface area contributed by atoms with Crippen molar-refractivity contribution >= 4 is 56.4 Å². The van der Waals surface area contributed by atoms with Crippen molar-refractivity contribution in [3.8, 4) is 0 Å². The number of thioether (sulfide) groups is 2. The second-order valence-electron chi connectivity index (χ2n) is 6.75. The summed E-state index contributed by atoms with van der Waals surface area (Å²) in [5.74, 6) is 2.14. The maximum atomic E-state index is 13.4. The van der Waals surface area contributed by atoms with Crippen LogP contribution in [0, 0.1) is 0 Å². The molecule has 29 heavy (non-hydrogen) atoms. The molecule has 3 nitrogen and oxygen atoms in total. The summed E-state index contributed by atoms with van der Waals surface area (Å²) in [6.07, 6.45) is 3.26. The Morgan fingerprint density at radius 2 is 1.72 bits per heavy atom. The second-order valence-corrected chi connectivity index (χ2v) is 10.6. The minimum Gasteiger partial charge on any atom is -0.272 e. The summed E-state index contributed by atoms with van der Waals surface area (Å²) < 4.78 is 3.81. The van der Waals surface area contributed by atoms with Gasteiger partial charge in [-0.15, -0.1) is 23.5 Å². The largest absolute Gasteiger partial charge is 0.272 e. The highest BCUT2D eigenvalue weighted by atomic mass is 35.5. The van der Waals surface area contributed by atoms with Gasteiger partial charge in [0.1, 0.15) is 4.53 Å². The Kier molecular flexibility index (Phi) is 5.43. The van der Waals surface area contributed by atoms with Crippen molar-refractivity contribution < 1.29 is 0 Å². The predicted molar refractivity (Wildman–Crippen MR) is 126 cm³/mol. The highest BCUT2D eigenvalue weighted by Crippen LogP contribution is 2.35. The summed E-state index contributed by atoms with van der Waals surface area (Å²) >= 11 is 11.2. The first-order valence-corrected chi connectivity index (χ1v) is 12.5. The van der Waals surface area contributed by atoms with Crippen LogP contribution in [0.2, 0.25) is 5.02 Å². The number of rotatable bonds is 2. The molecule has 5 rings (SSSR count). The SMILES string of the molecule is O=c1c(=C2SCCCS2)sc2n1[C@@H](c1ccccc1)C=C(c1ccc(Cl)cc1)N=2. The molecule has 0 unspecified atom stereocenters. The Morgan fingerprint density at radius 3 is 2.45 bits per heavy atom. The topological polar surface area (TPSA) is 34.4 Å². The Labute approximate surface area is 185 Å². The third-order valence-corrected chi connectivity index (χ3v) is 9.03. The van der Waals surface area contributed by atoms with Gasteiger partial charge in [-0.3, -0.25) is 9.36 Å². The number of aromatic nitrogens is 1. The third kappa shape index (κ3) is 3.75. The van der Waals surface area contributed by atoms with E-state index in [1.165, 1.54) is 17.8 Å². The highest BCUT2D eigenvalue weighted by molar-refractivity contribution is 8.30. The molecule has 2 aliphatic heterocycles. The molecule has 0 radical (unpaired) electrons. The van der Waals surface area contributed by atoms with Gasteiger partial charge in [-0.05, 0) is 41.7 Å². The quantitative estimate of drug-likeness (QED) is 0.557. The van der Waals surface area contributed by atoms with Gasteiger partial charge in [0.05, 0.1) is 16.0 Å². The first-order chi connectivity index (χ1) is 14.2. The Morgan fingerprint density at radius 1 is 1.00 bits per heavy atom. The van der Waals surface area contributed by atoms with Crippen LogP contribution in [0.4, 0.5) is 0 Å².